The fourth-order valence-corrected chi connectivity index (χ4v) is 2.07. The maximum atomic E-state index is 11.0. The van der Waals surface area contributed by atoms with E-state index in [2.05, 4.69) is 45.9 Å². The molecule has 3 heteroatoms. The smallest absolute Gasteiger partial charge is 0.308 e. The molecule has 1 aromatic carbocycles. The molecule has 0 amide bonds. The molecule has 0 heterocycles. The fraction of sp³-hybridized carbons (Fsp3) is 0.562. The summed E-state index contributed by atoms with van der Waals surface area (Å²) < 4.78 is 0. The quantitative estimate of drug-likeness (QED) is 0.904. The third kappa shape index (κ3) is 3.98. The Balaban J connectivity index is 3.02. The lowest BCUT2D eigenvalue weighted by Crippen LogP contribution is -2.29. The molecule has 106 valence electrons. The number of carbonyl (C=O) groups is 1. The van der Waals surface area contributed by atoms with Crippen molar-refractivity contribution in [3.8, 4) is 0 Å². The molecule has 1 atom stereocenters. The van der Waals surface area contributed by atoms with Crippen molar-refractivity contribution in [3.05, 3.63) is 29.3 Å². The number of carboxylic acid groups (broad SMARTS) is 1. The number of anilines is 1. The van der Waals surface area contributed by atoms with Gasteiger partial charge in [-0.2, -0.15) is 0 Å². The zero-order valence-corrected chi connectivity index (χ0v) is 12.8. The topological polar surface area (TPSA) is 40.5 Å². The zero-order valence-electron chi connectivity index (χ0n) is 12.8. The Morgan fingerprint density at radius 2 is 1.95 bits per heavy atom. The van der Waals surface area contributed by atoms with E-state index >= 15 is 0 Å². The van der Waals surface area contributed by atoms with Gasteiger partial charge >= 0.3 is 5.97 Å². The van der Waals surface area contributed by atoms with E-state index in [1.54, 1.807) is 6.92 Å². The van der Waals surface area contributed by atoms with Crippen LogP contribution in [0.15, 0.2) is 18.2 Å². The van der Waals surface area contributed by atoms with Crippen LogP contribution in [-0.4, -0.2) is 24.7 Å². The number of hydrogen-bond donors (Lipinski definition) is 1. The molecule has 1 rings (SSSR count). The Bertz CT molecular complexity index is 460. The maximum Gasteiger partial charge on any atom is 0.308 e. The predicted octanol–water partition coefficient (Wildman–Crippen LogP) is 3.45. The van der Waals surface area contributed by atoms with Gasteiger partial charge in [-0.3, -0.25) is 4.79 Å². The molecule has 1 unspecified atom stereocenters. The van der Waals surface area contributed by atoms with Gasteiger partial charge in [0.25, 0.3) is 0 Å². The van der Waals surface area contributed by atoms with Crippen LogP contribution in [0.5, 0.6) is 0 Å². The molecule has 1 aromatic rings. The predicted molar refractivity (Wildman–Crippen MR) is 79.9 cm³/mol. The Morgan fingerprint density at radius 1 is 1.37 bits per heavy atom. The van der Waals surface area contributed by atoms with Crippen molar-refractivity contribution < 1.29 is 9.90 Å². The van der Waals surface area contributed by atoms with Gasteiger partial charge in [-0.25, -0.2) is 0 Å². The largest absolute Gasteiger partial charge is 0.481 e. The molecule has 0 radical (unpaired) electrons. The second-order valence-corrected chi connectivity index (χ2v) is 6.37. The first-order valence-corrected chi connectivity index (χ1v) is 6.68. The van der Waals surface area contributed by atoms with Gasteiger partial charge in [0.1, 0.15) is 0 Å². The van der Waals surface area contributed by atoms with Crippen molar-refractivity contribution in [2.24, 2.45) is 5.92 Å². The number of rotatable bonds is 4. The van der Waals surface area contributed by atoms with Gasteiger partial charge in [0, 0.05) is 19.3 Å². The monoisotopic (exact) mass is 263 g/mol. The van der Waals surface area contributed by atoms with Gasteiger partial charge in [0.2, 0.25) is 0 Å². The highest BCUT2D eigenvalue weighted by Crippen LogP contribution is 2.28. The fourth-order valence-electron chi connectivity index (χ4n) is 2.07. The van der Waals surface area contributed by atoms with E-state index in [-0.39, 0.29) is 11.3 Å². The van der Waals surface area contributed by atoms with Crippen molar-refractivity contribution >= 4 is 11.7 Å². The molecule has 19 heavy (non-hydrogen) atoms. The normalized spacial score (nSPS) is 13.2. The van der Waals surface area contributed by atoms with Crippen LogP contribution >= 0.6 is 0 Å². The van der Waals surface area contributed by atoms with Crippen LogP contribution in [0.1, 0.15) is 38.8 Å². The van der Waals surface area contributed by atoms with Crippen LogP contribution in [-0.2, 0) is 10.2 Å². The molecule has 1 N–H and O–H groups in total. The van der Waals surface area contributed by atoms with Crippen molar-refractivity contribution in [2.75, 3.05) is 18.5 Å². The second kappa shape index (κ2) is 5.64. The molecule has 0 aliphatic heterocycles. The highest BCUT2D eigenvalue weighted by molar-refractivity contribution is 5.70. The Labute approximate surface area is 116 Å². The first kappa shape index (κ1) is 15.5. The summed E-state index contributed by atoms with van der Waals surface area (Å²) >= 11 is 0. The number of aryl methyl sites for hydroxylation is 1. The van der Waals surface area contributed by atoms with Gasteiger partial charge in [0.15, 0.2) is 0 Å². The van der Waals surface area contributed by atoms with Gasteiger partial charge in [0.05, 0.1) is 5.92 Å². The van der Waals surface area contributed by atoms with Crippen LogP contribution in [0.25, 0.3) is 0 Å². The van der Waals surface area contributed by atoms with Crippen LogP contribution < -0.4 is 4.90 Å². The minimum atomic E-state index is -0.753. The van der Waals surface area contributed by atoms with Gasteiger partial charge in [-0.05, 0) is 29.5 Å². The molecule has 0 saturated carbocycles. The highest BCUT2D eigenvalue weighted by Gasteiger charge is 2.18. The summed E-state index contributed by atoms with van der Waals surface area (Å²) in [7, 11) is 1.95. The third-order valence-corrected chi connectivity index (χ3v) is 3.46. The summed E-state index contributed by atoms with van der Waals surface area (Å²) in [6.45, 7) is 10.9. The maximum absolute atomic E-state index is 11.0. The number of carboxylic acids is 1. The van der Waals surface area contributed by atoms with Gasteiger partial charge in [-0.15, -0.1) is 0 Å². The number of aliphatic carboxylic acids is 1. The Hall–Kier alpha value is -1.51. The van der Waals surface area contributed by atoms with E-state index in [0.717, 1.165) is 5.69 Å². The average Bonchev–Trinajstić information content (AvgIpc) is 2.27. The van der Waals surface area contributed by atoms with Crippen LogP contribution in [0.3, 0.4) is 0 Å². The molecular weight excluding hydrogens is 238 g/mol. The van der Waals surface area contributed by atoms with E-state index in [9.17, 15) is 4.79 Å². The lowest BCUT2D eigenvalue weighted by Gasteiger charge is -2.27. The first-order chi connectivity index (χ1) is 8.62. The molecule has 0 aliphatic rings. The van der Waals surface area contributed by atoms with Crippen LogP contribution in [0, 0.1) is 12.8 Å². The average molecular weight is 263 g/mol. The Morgan fingerprint density at radius 3 is 2.42 bits per heavy atom. The molecule has 0 aromatic heterocycles. The molecule has 0 aliphatic carbocycles. The minimum Gasteiger partial charge on any atom is -0.481 e. The SMILES string of the molecule is Cc1ccc(C(C)(C)C)cc1N(C)CC(C)C(=O)O. The summed E-state index contributed by atoms with van der Waals surface area (Å²) in [5.41, 5.74) is 3.65. The van der Waals surface area contributed by atoms with E-state index < -0.39 is 5.97 Å². The third-order valence-electron chi connectivity index (χ3n) is 3.46. The molecular formula is C16H25NO2. The van der Waals surface area contributed by atoms with Crippen LogP contribution in [0.2, 0.25) is 0 Å². The summed E-state index contributed by atoms with van der Waals surface area (Å²) in [6, 6.07) is 6.43. The molecule has 0 fully saturated rings. The highest BCUT2D eigenvalue weighted by atomic mass is 16.4. The van der Waals surface area contributed by atoms with E-state index in [1.807, 2.05) is 11.9 Å². The summed E-state index contributed by atoms with van der Waals surface area (Å²) in [4.78, 5) is 13.0. The molecule has 0 saturated heterocycles. The number of nitrogens with zero attached hydrogens (tertiary/aromatic N) is 1. The van der Waals surface area contributed by atoms with Crippen LogP contribution in [0.4, 0.5) is 5.69 Å². The molecule has 0 spiro atoms. The summed E-state index contributed by atoms with van der Waals surface area (Å²) in [5, 5.41) is 9.00. The summed E-state index contributed by atoms with van der Waals surface area (Å²) in [6.07, 6.45) is 0. The van der Waals surface area contributed by atoms with Crippen molar-refractivity contribution in [3.63, 3.8) is 0 Å². The van der Waals surface area contributed by atoms with E-state index in [0.29, 0.717) is 6.54 Å². The summed E-state index contributed by atoms with van der Waals surface area (Å²) in [5.74, 6) is -1.13. The van der Waals surface area contributed by atoms with Gasteiger partial charge in [-0.1, -0.05) is 39.8 Å². The molecule has 0 bridgehead atoms. The zero-order chi connectivity index (χ0) is 14.8. The second-order valence-electron chi connectivity index (χ2n) is 6.37. The van der Waals surface area contributed by atoms with E-state index in [4.69, 9.17) is 5.11 Å². The number of benzene rings is 1. The number of hydrogen-bond acceptors (Lipinski definition) is 2. The lowest BCUT2D eigenvalue weighted by molar-refractivity contribution is -0.140. The van der Waals surface area contributed by atoms with Gasteiger partial charge < -0.3 is 10.0 Å². The Kier molecular flexibility index (Phi) is 4.61. The van der Waals surface area contributed by atoms with Crippen molar-refractivity contribution in [1.29, 1.82) is 0 Å². The first-order valence-electron chi connectivity index (χ1n) is 6.68. The van der Waals surface area contributed by atoms with Crippen molar-refractivity contribution in [1.82, 2.24) is 0 Å². The van der Waals surface area contributed by atoms with E-state index in [1.165, 1.54) is 11.1 Å². The van der Waals surface area contributed by atoms with Crippen molar-refractivity contribution in [2.45, 2.75) is 40.0 Å². The lowest BCUT2D eigenvalue weighted by atomic mass is 9.86. The molecule has 3 nitrogen and oxygen atoms in total. The standard InChI is InChI=1S/C16H25NO2/c1-11-7-8-13(16(3,4)5)9-14(11)17(6)10-12(2)15(18)19/h7-9,12H,10H2,1-6H3,(H,18,19). The minimum absolute atomic E-state index is 0.0989.